The second-order valence-corrected chi connectivity index (χ2v) is 5.20. The second-order valence-electron chi connectivity index (χ2n) is 4.79. The van der Waals surface area contributed by atoms with Crippen LogP contribution in [0.15, 0.2) is 24.3 Å². The molecule has 1 amide bonds. The van der Waals surface area contributed by atoms with Crippen LogP contribution in [0.1, 0.15) is 34.3 Å². The molecule has 1 heterocycles. The molecule has 2 aromatic rings. The molecule has 0 unspecified atom stereocenters. The molecule has 0 aliphatic rings. The molecule has 122 valence electrons. The largest absolute Gasteiger partial charge is 0.492 e. The summed E-state index contributed by atoms with van der Waals surface area (Å²) in [6, 6.07) is 6.10. The highest BCUT2D eigenvalue weighted by molar-refractivity contribution is 6.32. The Kier molecular flexibility index (Phi) is 5.23. The van der Waals surface area contributed by atoms with E-state index in [2.05, 4.69) is 10.4 Å². The molecule has 2 N–H and O–H groups in total. The predicted octanol–water partition coefficient (Wildman–Crippen LogP) is 2.81. The van der Waals surface area contributed by atoms with Gasteiger partial charge in [0, 0.05) is 18.8 Å². The average molecular weight is 338 g/mol. The first-order chi connectivity index (χ1) is 10.9. The first kappa shape index (κ1) is 16.8. The molecule has 1 aromatic carbocycles. The lowest BCUT2D eigenvalue weighted by Crippen LogP contribution is -2.16. The van der Waals surface area contributed by atoms with E-state index in [1.165, 1.54) is 17.8 Å². The van der Waals surface area contributed by atoms with Gasteiger partial charge in [0.25, 0.3) is 5.91 Å². The Morgan fingerprint density at radius 3 is 2.70 bits per heavy atom. The molecule has 8 heteroatoms. The normalized spacial score (nSPS) is 10.4. The number of benzene rings is 1. The van der Waals surface area contributed by atoms with Crippen LogP contribution in [-0.4, -0.2) is 33.4 Å². The Balaban J connectivity index is 2.14. The van der Waals surface area contributed by atoms with Gasteiger partial charge in [0.2, 0.25) is 0 Å². The quantitative estimate of drug-likeness (QED) is 0.845. The van der Waals surface area contributed by atoms with E-state index in [0.717, 1.165) is 6.42 Å². The first-order valence-corrected chi connectivity index (χ1v) is 7.31. The first-order valence-electron chi connectivity index (χ1n) is 6.93. The van der Waals surface area contributed by atoms with Gasteiger partial charge in [-0.3, -0.25) is 9.48 Å². The van der Waals surface area contributed by atoms with E-state index >= 15 is 0 Å². The number of amides is 1. The number of carboxylic acid groups (broad SMARTS) is 1. The van der Waals surface area contributed by atoms with Crippen molar-refractivity contribution >= 4 is 29.2 Å². The van der Waals surface area contributed by atoms with E-state index in [1.54, 1.807) is 18.2 Å². The summed E-state index contributed by atoms with van der Waals surface area (Å²) in [5.74, 6) is -1.13. The van der Waals surface area contributed by atoms with Gasteiger partial charge in [0.05, 0.1) is 11.6 Å². The molecule has 0 aliphatic carbocycles. The zero-order chi connectivity index (χ0) is 17.0. The maximum Gasteiger partial charge on any atom is 0.356 e. The Bertz CT molecular complexity index is 742. The van der Waals surface area contributed by atoms with Gasteiger partial charge in [-0.15, -0.1) is 0 Å². The van der Waals surface area contributed by atoms with Crippen LogP contribution in [-0.2, 0) is 7.05 Å². The van der Waals surface area contributed by atoms with E-state index < -0.39 is 11.9 Å². The predicted molar refractivity (Wildman–Crippen MR) is 85.4 cm³/mol. The highest BCUT2D eigenvalue weighted by Crippen LogP contribution is 2.28. The fraction of sp³-hybridized carbons (Fsp3) is 0.267. The number of halogens is 1. The molecule has 0 atom stereocenters. The summed E-state index contributed by atoms with van der Waals surface area (Å²) in [4.78, 5) is 23.1. The van der Waals surface area contributed by atoms with Crippen LogP contribution in [0, 0.1) is 0 Å². The van der Waals surface area contributed by atoms with E-state index in [4.69, 9.17) is 21.4 Å². The number of hydrogen-bond acceptors (Lipinski definition) is 4. The fourth-order valence-corrected chi connectivity index (χ4v) is 2.12. The highest BCUT2D eigenvalue weighted by Gasteiger charge is 2.17. The summed E-state index contributed by atoms with van der Waals surface area (Å²) in [6.07, 6.45) is 0.862. The van der Waals surface area contributed by atoms with Gasteiger partial charge in [0.1, 0.15) is 11.4 Å². The third-order valence-electron chi connectivity index (χ3n) is 2.98. The van der Waals surface area contributed by atoms with Crippen LogP contribution < -0.4 is 10.1 Å². The SMILES string of the molecule is CCCOc1ccc(NC(=O)c2cc(C(=O)O)nn2C)cc1Cl. The average Bonchev–Trinajstić information content (AvgIpc) is 2.89. The summed E-state index contributed by atoms with van der Waals surface area (Å²) in [6.45, 7) is 2.54. The Morgan fingerprint density at radius 2 is 2.13 bits per heavy atom. The van der Waals surface area contributed by atoms with Crippen molar-refractivity contribution < 1.29 is 19.4 Å². The number of nitrogens with one attached hydrogen (secondary N) is 1. The summed E-state index contributed by atoms with van der Waals surface area (Å²) in [5.41, 5.74) is 0.408. The minimum atomic E-state index is -1.19. The van der Waals surface area contributed by atoms with Crippen molar-refractivity contribution in [3.05, 3.63) is 40.7 Å². The molecule has 0 saturated heterocycles. The number of aryl methyl sites for hydroxylation is 1. The van der Waals surface area contributed by atoms with Crippen molar-refractivity contribution in [1.29, 1.82) is 0 Å². The van der Waals surface area contributed by atoms with E-state index in [1.807, 2.05) is 6.92 Å². The number of hydrogen-bond donors (Lipinski definition) is 2. The smallest absolute Gasteiger partial charge is 0.356 e. The molecular weight excluding hydrogens is 322 g/mol. The summed E-state index contributed by atoms with van der Waals surface area (Å²) < 4.78 is 6.66. The number of carbonyl (C=O) groups is 2. The Labute approximate surface area is 137 Å². The van der Waals surface area contributed by atoms with E-state index in [-0.39, 0.29) is 11.4 Å². The number of anilines is 1. The Morgan fingerprint density at radius 1 is 1.39 bits per heavy atom. The van der Waals surface area contributed by atoms with Gasteiger partial charge >= 0.3 is 5.97 Å². The fourth-order valence-electron chi connectivity index (χ4n) is 1.89. The van der Waals surface area contributed by atoms with Crippen LogP contribution in [0.2, 0.25) is 5.02 Å². The third-order valence-corrected chi connectivity index (χ3v) is 3.28. The van der Waals surface area contributed by atoms with Crippen LogP contribution in [0.5, 0.6) is 5.75 Å². The van der Waals surface area contributed by atoms with Crippen LogP contribution >= 0.6 is 11.6 Å². The van der Waals surface area contributed by atoms with Crippen LogP contribution in [0.25, 0.3) is 0 Å². The van der Waals surface area contributed by atoms with Crippen molar-refractivity contribution in [2.24, 2.45) is 7.05 Å². The minimum Gasteiger partial charge on any atom is -0.492 e. The van der Waals surface area contributed by atoms with Gasteiger partial charge in [-0.1, -0.05) is 18.5 Å². The van der Waals surface area contributed by atoms with Crippen molar-refractivity contribution in [3.63, 3.8) is 0 Å². The molecule has 1 aromatic heterocycles. The lowest BCUT2D eigenvalue weighted by Gasteiger charge is -2.09. The number of aromatic carboxylic acids is 1. The molecule has 0 saturated carbocycles. The number of carbonyl (C=O) groups excluding carboxylic acids is 1. The van der Waals surface area contributed by atoms with Gasteiger partial charge in [-0.25, -0.2) is 4.79 Å². The number of ether oxygens (including phenoxy) is 1. The van der Waals surface area contributed by atoms with Crippen molar-refractivity contribution in [2.45, 2.75) is 13.3 Å². The molecular formula is C15H16ClN3O4. The van der Waals surface area contributed by atoms with Crippen molar-refractivity contribution in [3.8, 4) is 5.75 Å². The topological polar surface area (TPSA) is 93.4 Å². The number of aromatic nitrogens is 2. The monoisotopic (exact) mass is 337 g/mol. The second kappa shape index (κ2) is 7.15. The third kappa shape index (κ3) is 4.01. The molecule has 0 radical (unpaired) electrons. The maximum absolute atomic E-state index is 12.2. The molecule has 0 bridgehead atoms. The van der Waals surface area contributed by atoms with Crippen LogP contribution in [0.3, 0.4) is 0 Å². The van der Waals surface area contributed by atoms with Gasteiger partial charge in [0.15, 0.2) is 5.69 Å². The summed E-state index contributed by atoms with van der Waals surface area (Å²) in [7, 11) is 1.50. The lowest BCUT2D eigenvalue weighted by atomic mass is 10.2. The van der Waals surface area contributed by atoms with Gasteiger partial charge in [-0.05, 0) is 24.6 Å². The molecule has 0 aliphatic heterocycles. The standard InChI is InChI=1S/C15H16ClN3O4/c1-3-6-23-13-5-4-9(7-10(13)16)17-14(20)12-8-11(15(21)22)18-19(12)2/h4-5,7-8H,3,6H2,1-2H3,(H,17,20)(H,21,22). The Hall–Kier alpha value is -2.54. The lowest BCUT2D eigenvalue weighted by molar-refractivity contribution is 0.0689. The number of carboxylic acids is 1. The molecule has 7 nitrogen and oxygen atoms in total. The van der Waals surface area contributed by atoms with Crippen LogP contribution in [0.4, 0.5) is 5.69 Å². The molecule has 23 heavy (non-hydrogen) atoms. The van der Waals surface area contributed by atoms with E-state index in [0.29, 0.717) is 23.1 Å². The van der Waals surface area contributed by atoms with E-state index in [9.17, 15) is 9.59 Å². The molecule has 2 rings (SSSR count). The molecule has 0 fully saturated rings. The number of nitrogens with zero attached hydrogens (tertiary/aromatic N) is 2. The van der Waals surface area contributed by atoms with Crippen molar-refractivity contribution in [2.75, 3.05) is 11.9 Å². The minimum absolute atomic E-state index is 0.129. The van der Waals surface area contributed by atoms with Crippen molar-refractivity contribution in [1.82, 2.24) is 9.78 Å². The maximum atomic E-state index is 12.2. The zero-order valence-corrected chi connectivity index (χ0v) is 13.4. The summed E-state index contributed by atoms with van der Waals surface area (Å²) in [5, 5.41) is 15.7. The molecule has 0 spiro atoms. The van der Waals surface area contributed by atoms with Gasteiger partial charge in [-0.2, -0.15) is 5.10 Å². The summed E-state index contributed by atoms with van der Waals surface area (Å²) >= 11 is 6.10. The zero-order valence-electron chi connectivity index (χ0n) is 12.7. The number of rotatable bonds is 6. The van der Waals surface area contributed by atoms with Gasteiger partial charge < -0.3 is 15.2 Å². The highest BCUT2D eigenvalue weighted by atomic mass is 35.5.